The van der Waals surface area contributed by atoms with Gasteiger partial charge in [0.15, 0.2) is 0 Å². The first-order valence-electron chi connectivity index (χ1n) is 13.3. The van der Waals surface area contributed by atoms with Gasteiger partial charge in [-0.3, -0.25) is 0 Å². The van der Waals surface area contributed by atoms with Crippen LogP contribution in [-0.4, -0.2) is 3.81 Å². The minimum absolute atomic E-state index is 0.153. The number of ether oxygens (including phenoxy) is 1. The molecule has 1 aliphatic rings. The standard InChI is InChI=1S/C29H24O.C5H5.C3H6.Ti/c1-23-17-19-24(20-18-23)21-22-28(25-11-5-2-6-12-25)29(26-13-7-3-8-14-26)30-27-15-9-4-10-16-27;1-2-4-5-3-1;1-3-2;/h2-22H,1H3;1-3H,4H2;1-2H3;. The summed E-state index contributed by atoms with van der Waals surface area (Å²) in [5, 5.41) is 0. The number of benzene rings is 4. The molecule has 0 aliphatic heterocycles. The first-order valence-corrected chi connectivity index (χ1v) is 14.9. The van der Waals surface area contributed by atoms with Crippen LogP contribution in [0.15, 0.2) is 143 Å². The Balaban J connectivity index is 0.000000333. The van der Waals surface area contributed by atoms with Crippen LogP contribution in [0.4, 0.5) is 0 Å². The third-order valence-corrected chi connectivity index (χ3v) is 7.89. The van der Waals surface area contributed by atoms with Gasteiger partial charge in [0, 0.05) is 11.1 Å². The van der Waals surface area contributed by atoms with E-state index >= 15 is 0 Å². The Bertz CT molecular complexity index is 1470. The Hall–Kier alpha value is -3.78. The average Bonchev–Trinajstić information content (AvgIpc) is 3.48. The Kier molecular flexibility index (Phi) is 10.8. The van der Waals surface area contributed by atoms with Crippen LogP contribution in [0.5, 0.6) is 5.75 Å². The van der Waals surface area contributed by atoms with Crippen LogP contribution in [0.3, 0.4) is 0 Å². The fourth-order valence-corrected chi connectivity index (χ4v) is 5.73. The molecule has 0 atom stereocenters. The average molecular weight is 544 g/mol. The second-order valence-electron chi connectivity index (χ2n) is 9.58. The Morgan fingerprint density at radius 3 is 1.87 bits per heavy atom. The van der Waals surface area contributed by atoms with Gasteiger partial charge in [-0.05, 0) is 30.2 Å². The Labute approximate surface area is 242 Å². The molecule has 39 heavy (non-hydrogen) atoms. The van der Waals surface area contributed by atoms with Crippen molar-refractivity contribution < 1.29 is 23.4 Å². The molecule has 4 aromatic rings. The summed E-state index contributed by atoms with van der Waals surface area (Å²) in [4.78, 5) is 0. The zero-order valence-electron chi connectivity index (χ0n) is 23.0. The monoisotopic (exact) mass is 543 g/mol. The maximum Gasteiger partial charge on any atom is 0.142 e. The van der Waals surface area contributed by atoms with E-state index in [1.54, 1.807) is 7.69 Å². The van der Waals surface area contributed by atoms with Crippen LogP contribution < -0.4 is 4.74 Å². The van der Waals surface area contributed by atoms with E-state index in [0.29, 0.717) is 0 Å². The molecule has 1 nitrogen and oxygen atoms in total. The van der Waals surface area contributed by atoms with Crippen LogP contribution in [0.2, 0.25) is 0 Å². The maximum atomic E-state index is 6.45. The minimum Gasteiger partial charge on any atom is -0.456 e. The molecule has 0 bridgehead atoms. The SMILES string of the molecule is C[C](C)=[Ti][C]1=CC=CC1.Cc1ccc(C=CC(=C(Oc2ccccc2)c2ccccc2)c2ccccc2)cc1. The summed E-state index contributed by atoms with van der Waals surface area (Å²) in [6, 6.07) is 39.1. The van der Waals surface area contributed by atoms with Gasteiger partial charge < -0.3 is 4.74 Å². The molecule has 5 rings (SSSR count). The van der Waals surface area contributed by atoms with Crippen molar-refractivity contribution in [3.8, 4) is 5.75 Å². The molecule has 193 valence electrons. The number of hydrogen-bond acceptors (Lipinski definition) is 1. The van der Waals surface area contributed by atoms with Crippen molar-refractivity contribution in [2.24, 2.45) is 0 Å². The van der Waals surface area contributed by atoms with Gasteiger partial charge in [-0.2, -0.15) is 0 Å². The fraction of sp³-hybridized carbons (Fsp3) is 0.108. The van der Waals surface area contributed by atoms with Gasteiger partial charge in [-0.1, -0.05) is 121 Å². The predicted molar refractivity (Wildman–Crippen MR) is 165 cm³/mol. The molecule has 0 N–H and O–H groups in total. The second kappa shape index (κ2) is 15.0. The van der Waals surface area contributed by atoms with Gasteiger partial charge in [0.25, 0.3) is 0 Å². The number of rotatable bonds is 7. The van der Waals surface area contributed by atoms with Gasteiger partial charge in [0.1, 0.15) is 11.5 Å². The number of aryl methyl sites for hydroxylation is 1. The predicted octanol–water partition coefficient (Wildman–Crippen LogP) is 9.78. The van der Waals surface area contributed by atoms with E-state index in [-0.39, 0.29) is 18.7 Å². The van der Waals surface area contributed by atoms with Crippen LogP contribution in [0, 0.1) is 6.92 Å². The molecule has 2 heteroatoms. The molecule has 0 amide bonds. The van der Waals surface area contributed by atoms with Gasteiger partial charge >= 0.3 is 64.9 Å². The molecule has 0 radical (unpaired) electrons. The van der Waals surface area contributed by atoms with Crippen molar-refractivity contribution >= 4 is 21.2 Å². The van der Waals surface area contributed by atoms with Crippen LogP contribution >= 0.6 is 0 Å². The summed E-state index contributed by atoms with van der Waals surface area (Å²) in [7, 11) is 0. The van der Waals surface area contributed by atoms with Gasteiger partial charge in [-0.25, -0.2) is 0 Å². The third-order valence-electron chi connectivity index (χ3n) is 6.03. The van der Waals surface area contributed by atoms with E-state index in [2.05, 4.69) is 112 Å². The Morgan fingerprint density at radius 1 is 0.718 bits per heavy atom. The van der Waals surface area contributed by atoms with E-state index in [1.165, 1.54) is 12.0 Å². The van der Waals surface area contributed by atoms with E-state index < -0.39 is 0 Å². The van der Waals surface area contributed by atoms with E-state index in [0.717, 1.165) is 33.8 Å². The maximum absolute atomic E-state index is 6.45. The second-order valence-corrected chi connectivity index (χ2v) is 12.5. The zero-order chi connectivity index (χ0) is 27.3. The number of allylic oxidation sites excluding steroid dienone is 6. The van der Waals surface area contributed by atoms with Crippen molar-refractivity contribution in [1.82, 2.24) is 0 Å². The van der Waals surface area contributed by atoms with E-state index in [1.807, 2.05) is 54.6 Å². The van der Waals surface area contributed by atoms with Crippen molar-refractivity contribution in [3.63, 3.8) is 0 Å². The van der Waals surface area contributed by atoms with Gasteiger partial charge in [0.05, 0.1) is 0 Å². The molecule has 0 heterocycles. The van der Waals surface area contributed by atoms with Gasteiger partial charge in [0.2, 0.25) is 0 Å². The summed E-state index contributed by atoms with van der Waals surface area (Å²) < 4.78 is 9.76. The number of hydrogen-bond donors (Lipinski definition) is 0. The van der Waals surface area contributed by atoms with Crippen LogP contribution in [0.25, 0.3) is 17.4 Å². The van der Waals surface area contributed by atoms with Crippen molar-refractivity contribution in [2.45, 2.75) is 27.2 Å². The molecule has 0 fully saturated rings. The molecule has 0 spiro atoms. The molecule has 1 aliphatic carbocycles. The zero-order valence-corrected chi connectivity index (χ0v) is 24.5. The first kappa shape index (κ1) is 28.2. The summed E-state index contributed by atoms with van der Waals surface area (Å²) >= 11 is 0.153. The molecule has 0 unspecified atom stereocenters. The van der Waals surface area contributed by atoms with Crippen molar-refractivity contribution in [2.75, 3.05) is 0 Å². The van der Waals surface area contributed by atoms with Crippen LogP contribution in [-0.2, 0) is 18.7 Å². The minimum atomic E-state index is 0.153. The summed E-state index contributed by atoms with van der Waals surface area (Å²) in [5.41, 5.74) is 5.58. The molecular formula is C37H35OTi. The number of para-hydroxylation sites is 1. The van der Waals surface area contributed by atoms with E-state index in [4.69, 9.17) is 4.74 Å². The third kappa shape index (κ3) is 9.18. The Morgan fingerprint density at radius 2 is 1.31 bits per heavy atom. The fourth-order valence-electron chi connectivity index (χ4n) is 4.10. The summed E-state index contributed by atoms with van der Waals surface area (Å²) in [6.07, 6.45) is 12.2. The van der Waals surface area contributed by atoms with Crippen molar-refractivity contribution in [1.29, 1.82) is 0 Å². The smallest absolute Gasteiger partial charge is 0.142 e. The molecule has 0 saturated heterocycles. The molecular weight excluding hydrogens is 508 g/mol. The molecule has 4 aromatic carbocycles. The van der Waals surface area contributed by atoms with E-state index in [9.17, 15) is 0 Å². The molecule has 0 aromatic heterocycles. The topological polar surface area (TPSA) is 9.23 Å². The summed E-state index contributed by atoms with van der Waals surface area (Å²) in [5.74, 6) is 1.64. The van der Waals surface area contributed by atoms with Crippen molar-refractivity contribution in [3.05, 3.63) is 166 Å². The van der Waals surface area contributed by atoms with Crippen LogP contribution in [0.1, 0.15) is 42.5 Å². The largest absolute Gasteiger partial charge is 0.456 e. The molecule has 0 saturated carbocycles. The first-order chi connectivity index (χ1) is 19.1. The normalized spacial score (nSPS) is 12.6. The summed E-state index contributed by atoms with van der Waals surface area (Å²) in [6.45, 7) is 6.57. The van der Waals surface area contributed by atoms with Gasteiger partial charge in [-0.15, -0.1) is 0 Å². The quantitative estimate of drug-likeness (QED) is 0.0976.